The number of benzene rings is 2. The van der Waals surface area contributed by atoms with Crippen LogP contribution in [-0.2, 0) is 25.6 Å². The summed E-state index contributed by atoms with van der Waals surface area (Å²) in [6.07, 6.45) is 2.82. The molecule has 3 aromatic rings. The SMILES string of the molecule is CC(=O)C1=C(O)C(=O)N(CCc2c[nH]c3ccccc23)C1c1ccc(C)c(C)c1.O=C=O. The summed E-state index contributed by atoms with van der Waals surface area (Å²) in [7, 11) is 0. The van der Waals surface area contributed by atoms with Crippen molar-refractivity contribution in [1.82, 2.24) is 9.88 Å². The number of amides is 1. The second kappa shape index (κ2) is 9.45. The van der Waals surface area contributed by atoms with E-state index >= 15 is 0 Å². The zero-order valence-electron chi connectivity index (χ0n) is 18.1. The quantitative estimate of drug-likeness (QED) is 0.639. The van der Waals surface area contributed by atoms with Gasteiger partial charge in [-0.15, -0.1) is 0 Å². The van der Waals surface area contributed by atoms with Crippen LogP contribution in [0.15, 0.2) is 60.0 Å². The van der Waals surface area contributed by atoms with Gasteiger partial charge in [0.25, 0.3) is 5.91 Å². The number of aliphatic hydroxyl groups excluding tert-OH is 1. The third kappa shape index (κ3) is 4.24. The fourth-order valence-electron chi connectivity index (χ4n) is 4.10. The molecule has 2 heterocycles. The van der Waals surface area contributed by atoms with E-state index in [1.165, 1.54) is 6.92 Å². The normalized spacial score (nSPS) is 15.5. The van der Waals surface area contributed by atoms with Gasteiger partial charge in [0.2, 0.25) is 0 Å². The van der Waals surface area contributed by atoms with Crippen molar-refractivity contribution in [3.8, 4) is 0 Å². The van der Waals surface area contributed by atoms with Crippen LogP contribution in [0, 0.1) is 13.8 Å². The van der Waals surface area contributed by atoms with Crippen LogP contribution in [0.1, 0.15) is 35.2 Å². The molecule has 7 heteroatoms. The highest BCUT2D eigenvalue weighted by molar-refractivity contribution is 6.08. The standard InChI is InChI=1S/C24H24N2O3.CO2/c1-14-8-9-17(12-15(14)2)22-21(16(3)27)23(28)24(29)26(22)11-10-18-13-25-20-7-5-4-6-19(18)20;2-1-3/h4-9,12-13,22,25,28H,10-11H2,1-3H3;. The number of aliphatic hydroxyl groups is 1. The van der Waals surface area contributed by atoms with E-state index in [1.807, 2.05) is 62.5 Å². The van der Waals surface area contributed by atoms with Crippen LogP contribution in [0.25, 0.3) is 10.9 Å². The third-order valence-corrected chi connectivity index (χ3v) is 5.83. The molecule has 2 N–H and O–H groups in total. The zero-order chi connectivity index (χ0) is 23.4. The molecule has 1 unspecified atom stereocenters. The minimum absolute atomic E-state index is 0.178. The van der Waals surface area contributed by atoms with Crippen molar-refractivity contribution >= 4 is 28.7 Å². The van der Waals surface area contributed by atoms with Gasteiger partial charge in [0, 0.05) is 23.6 Å². The molecule has 0 saturated heterocycles. The summed E-state index contributed by atoms with van der Waals surface area (Å²) in [5, 5.41) is 11.6. The van der Waals surface area contributed by atoms with Crippen LogP contribution >= 0.6 is 0 Å². The fraction of sp³-hybridized carbons (Fsp3) is 0.240. The van der Waals surface area contributed by atoms with Gasteiger partial charge in [-0.1, -0.05) is 36.4 Å². The molecule has 0 saturated carbocycles. The van der Waals surface area contributed by atoms with Gasteiger partial charge in [-0.2, -0.15) is 9.59 Å². The summed E-state index contributed by atoms with van der Waals surface area (Å²) in [5.41, 5.74) is 5.39. The molecule has 1 aromatic heterocycles. The van der Waals surface area contributed by atoms with Crippen LogP contribution < -0.4 is 0 Å². The molecule has 0 aliphatic carbocycles. The van der Waals surface area contributed by atoms with Crippen molar-refractivity contribution in [2.45, 2.75) is 33.2 Å². The molecule has 1 aliphatic heterocycles. The Morgan fingerprint density at radius 3 is 2.47 bits per heavy atom. The Kier molecular flexibility index (Phi) is 6.71. The van der Waals surface area contributed by atoms with Crippen LogP contribution in [0.2, 0.25) is 0 Å². The molecule has 0 bridgehead atoms. The third-order valence-electron chi connectivity index (χ3n) is 5.83. The largest absolute Gasteiger partial charge is 0.503 e. The smallest absolute Gasteiger partial charge is 0.373 e. The molecule has 0 spiro atoms. The molecular weight excluding hydrogens is 408 g/mol. The molecule has 2 aromatic carbocycles. The first-order valence-corrected chi connectivity index (χ1v) is 10.2. The number of carbonyl (C=O) groups excluding carboxylic acids is 4. The van der Waals surface area contributed by atoms with Gasteiger partial charge in [-0.3, -0.25) is 9.59 Å². The molecule has 0 radical (unpaired) electrons. The molecule has 1 aliphatic rings. The number of hydrogen-bond donors (Lipinski definition) is 2. The number of ketones is 1. The molecule has 164 valence electrons. The summed E-state index contributed by atoms with van der Waals surface area (Å²) in [6.45, 7) is 5.82. The van der Waals surface area contributed by atoms with Gasteiger partial charge in [-0.05, 0) is 55.5 Å². The number of aromatic amines is 1. The maximum Gasteiger partial charge on any atom is 0.373 e. The first kappa shape index (κ1) is 22.7. The number of aromatic nitrogens is 1. The molecule has 32 heavy (non-hydrogen) atoms. The minimum Gasteiger partial charge on any atom is -0.503 e. The van der Waals surface area contributed by atoms with Crippen molar-refractivity contribution < 1.29 is 24.3 Å². The monoisotopic (exact) mass is 432 g/mol. The van der Waals surface area contributed by atoms with E-state index in [4.69, 9.17) is 9.59 Å². The van der Waals surface area contributed by atoms with Crippen molar-refractivity contribution in [3.05, 3.63) is 82.2 Å². The van der Waals surface area contributed by atoms with E-state index in [0.717, 1.165) is 33.2 Å². The van der Waals surface area contributed by atoms with Crippen molar-refractivity contribution in [3.63, 3.8) is 0 Å². The van der Waals surface area contributed by atoms with Crippen LogP contribution in [0.3, 0.4) is 0 Å². The van der Waals surface area contributed by atoms with E-state index in [1.54, 1.807) is 4.90 Å². The Morgan fingerprint density at radius 2 is 1.81 bits per heavy atom. The molecule has 0 fully saturated rings. The number of hydrogen-bond acceptors (Lipinski definition) is 5. The maximum absolute atomic E-state index is 12.8. The average molecular weight is 432 g/mol. The van der Waals surface area contributed by atoms with Gasteiger partial charge in [-0.25, -0.2) is 0 Å². The summed E-state index contributed by atoms with van der Waals surface area (Å²) >= 11 is 0. The topological polar surface area (TPSA) is 108 Å². The maximum atomic E-state index is 12.8. The Hall–Kier alpha value is -3.96. The Bertz CT molecular complexity index is 1250. The van der Waals surface area contributed by atoms with Crippen molar-refractivity contribution in [2.24, 2.45) is 0 Å². The van der Waals surface area contributed by atoms with Gasteiger partial charge in [0.1, 0.15) is 0 Å². The number of rotatable bonds is 5. The lowest BCUT2D eigenvalue weighted by molar-refractivity contribution is -0.191. The molecule has 4 rings (SSSR count). The first-order valence-electron chi connectivity index (χ1n) is 10.2. The lowest BCUT2D eigenvalue weighted by Crippen LogP contribution is -2.33. The minimum atomic E-state index is -0.565. The Balaban J connectivity index is 0.000000913. The van der Waals surface area contributed by atoms with Crippen molar-refractivity contribution in [1.29, 1.82) is 0 Å². The molecule has 1 amide bonds. The van der Waals surface area contributed by atoms with Crippen molar-refractivity contribution in [2.75, 3.05) is 6.54 Å². The van der Waals surface area contributed by atoms with E-state index < -0.39 is 17.7 Å². The Morgan fingerprint density at radius 1 is 1.12 bits per heavy atom. The number of para-hydroxylation sites is 1. The number of H-pyrrole nitrogens is 1. The molecule has 1 atom stereocenters. The first-order chi connectivity index (χ1) is 15.3. The predicted molar refractivity (Wildman–Crippen MR) is 118 cm³/mol. The number of nitrogens with zero attached hydrogens (tertiary/aromatic N) is 1. The lowest BCUT2D eigenvalue weighted by Gasteiger charge is -2.27. The number of aryl methyl sites for hydroxylation is 2. The van der Waals surface area contributed by atoms with Gasteiger partial charge in [0.05, 0.1) is 11.6 Å². The lowest BCUT2D eigenvalue weighted by atomic mass is 9.94. The second-order valence-corrected chi connectivity index (χ2v) is 7.76. The second-order valence-electron chi connectivity index (χ2n) is 7.76. The van der Waals surface area contributed by atoms with Crippen LogP contribution in [0.4, 0.5) is 0 Å². The highest BCUT2D eigenvalue weighted by Gasteiger charge is 2.42. The zero-order valence-corrected chi connectivity index (χ0v) is 18.1. The number of nitrogens with one attached hydrogen (secondary N) is 1. The highest BCUT2D eigenvalue weighted by atomic mass is 16.3. The molecule has 7 nitrogen and oxygen atoms in total. The number of fused-ring (bicyclic) bond motifs is 1. The highest BCUT2D eigenvalue weighted by Crippen LogP contribution is 2.38. The van der Waals surface area contributed by atoms with E-state index in [2.05, 4.69) is 4.98 Å². The fourth-order valence-corrected chi connectivity index (χ4v) is 4.10. The van der Waals surface area contributed by atoms with E-state index in [9.17, 15) is 14.7 Å². The van der Waals surface area contributed by atoms with Gasteiger partial charge >= 0.3 is 6.15 Å². The number of carbonyl (C=O) groups is 2. The summed E-state index contributed by atoms with van der Waals surface area (Å²) in [6, 6.07) is 13.4. The Labute approximate surface area is 185 Å². The van der Waals surface area contributed by atoms with E-state index in [-0.39, 0.29) is 17.5 Å². The molecular formula is C25H24N2O5. The predicted octanol–water partition coefficient (Wildman–Crippen LogP) is 3.73. The summed E-state index contributed by atoms with van der Waals surface area (Å²) in [4.78, 5) is 46.2. The number of Topliss-reactive ketones (excluding diaryl/α,β-unsaturated/α-hetero) is 1. The summed E-state index contributed by atoms with van der Waals surface area (Å²) < 4.78 is 0. The van der Waals surface area contributed by atoms with Crippen LogP contribution in [-0.4, -0.2) is 39.4 Å². The summed E-state index contributed by atoms with van der Waals surface area (Å²) in [5.74, 6) is -1.20. The van der Waals surface area contributed by atoms with Gasteiger partial charge in [0.15, 0.2) is 11.5 Å². The van der Waals surface area contributed by atoms with E-state index in [0.29, 0.717) is 13.0 Å². The van der Waals surface area contributed by atoms with Gasteiger partial charge < -0.3 is 15.0 Å². The van der Waals surface area contributed by atoms with Crippen LogP contribution in [0.5, 0.6) is 0 Å². The average Bonchev–Trinajstić information content (AvgIpc) is 3.28.